The third-order valence-corrected chi connectivity index (χ3v) is 1.68. The highest BCUT2D eigenvalue weighted by atomic mass is 16.7. The Balaban J connectivity index is 2.06. The van der Waals surface area contributed by atoms with Crippen LogP contribution in [0.5, 0.6) is 0 Å². The molecule has 0 spiro atoms. The Morgan fingerprint density at radius 2 is 2.08 bits per heavy atom. The average Bonchev–Trinajstić information content (AvgIpc) is 2.09. The summed E-state index contributed by atoms with van der Waals surface area (Å²) < 4.78 is 10.3. The third kappa shape index (κ3) is 3.18. The zero-order valence-corrected chi connectivity index (χ0v) is 6.90. The largest absolute Gasteiger partial charge is 0.388 e. The van der Waals surface area contributed by atoms with Crippen LogP contribution in [0.15, 0.2) is 0 Å². The van der Waals surface area contributed by atoms with Gasteiger partial charge >= 0.3 is 0 Å². The SMILES string of the molecule is N#CCCCC1OCC(O)CO1. The quantitative estimate of drug-likeness (QED) is 0.625. The van der Waals surface area contributed by atoms with Crippen LogP contribution in [0.4, 0.5) is 0 Å². The normalized spacial score (nSPS) is 29.7. The van der Waals surface area contributed by atoms with Gasteiger partial charge < -0.3 is 14.6 Å². The molecule has 1 heterocycles. The molecule has 4 nitrogen and oxygen atoms in total. The predicted molar refractivity (Wildman–Crippen MR) is 41.2 cm³/mol. The van der Waals surface area contributed by atoms with E-state index in [1.807, 2.05) is 0 Å². The Labute approximate surface area is 71.7 Å². The van der Waals surface area contributed by atoms with E-state index in [9.17, 15) is 0 Å². The topological polar surface area (TPSA) is 62.5 Å². The standard InChI is InChI=1S/C8H13NO3/c9-4-2-1-3-8-11-5-7(10)6-12-8/h7-8,10H,1-3,5-6H2. The van der Waals surface area contributed by atoms with Crippen LogP contribution in [0.1, 0.15) is 19.3 Å². The van der Waals surface area contributed by atoms with Crippen molar-refractivity contribution in [2.45, 2.75) is 31.7 Å². The van der Waals surface area contributed by atoms with Crippen LogP contribution in [0.2, 0.25) is 0 Å². The van der Waals surface area contributed by atoms with Crippen molar-refractivity contribution in [3.8, 4) is 6.07 Å². The van der Waals surface area contributed by atoms with Crippen molar-refractivity contribution in [2.75, 3.05) is 13.2 Å². The van der Waals surface area contributed by atoms with Crippen molar-refractivity contribution >= 4 is 0 Å². The molecule has 1 rings (SSSR count). The van der Waals surface area contributed by atoms with Gasteiger partial charge in [-0.1, -0.05) is 0 Å². The number of rotatable bonds is 3. The third-order valence-electron chi connectivity index (χ3n) is 1.68. The van der Waals surface area contributed by atoms with Gasteiger partial charge in [0.1, 0.15) is 6.10 Å². The van der Waals surface area contributed by atoms with Crippen molar-refractivity contribution in [2.24, 2.45) is 0 Å². The summed E-state index contributed by atoms with van der Waals surface area (Å²) in [5.41, 5.74) is 0. The van der Waals surface area contributed by atoms with Crippen molar-refractivity contribution in [1.29, 1.82) is 5.26 Å². The minimum atomic E-state index is -0.489. The fraction of sp³-hybridized carbons (Fsp3) is 0.875. The molecule has 0 aliphatic carbocycles. The van der Waals surface area contributed by atoms with Gasteiger partial charge in [0.25, 0.3) is 0 Å². The zero-order valence-electron chi connectivity index (χ0n) is 6.90. The summed E-state index contributed by atoms with van der Waals surface area (Å²) in [7, 11) is 0. The van der Waals surface area contributed by atoms with Gasteiger partial charge in [0.15, 0.2) is 6.29 Å². The van der Waals surface area contributed by atoms with Crippen LogP contribution in [0, 0.1) is 11.3 Å². The summed E-state index contributed by atoms with van der Waals surface area (Å²) in [5.74, 6) is 0. The fourth-order valence-corrected chi connectivity index (χ4v) is 1.05. The van der Waals surface area contributed by atoms with Gasteiger partial charge in [-0.05, 0) is 12.8 Å². The smallest absolute Gasteiger partial charge is 0.157 e. The van der Waals surface area contributed by atoms with Crippen molar-refractivity contribution in [1.82, 2.24) is 0 Å². The average molecular weight is 171 g/mol. The predicted octanol–water partition coefficient (Wildman–Crippen LogP) is 0.414. The number of nitriles is 1. The van der Waals surface area contributed by atoms with Gasteiger partial charge in [-0.25, -0.2) is 0 Å². The molecule has 1 fully saturated rings. The van der Waals surface area contributed by atoms with E-state index in [0.29, 0.717) is 19.6 Å². The molecule has 0 aromatic heterocycles. The molecule has 0 unspecified atom stereocenters. The Morgan fingerprint density at radius 3 is 2.67 bits per heavy atom. The van der Waals surface area contributed by atoms with Crippen molar-refractivity contribution < 1.29 is 14.6 Å². The lowest BCUT2D eigenvalue weighted by Gasteiger charge is -2.26. The van der Waals surface area contributed by atoms with Gasteiger partial charge in [-0.2, -0.15) is 5.26 Å². The second kappa shape index (κ2) is 5.09. The van der Waals surface area contributed by atoms with Gasteiger partial charge in [-0.15, -0.1) is 0 Å². The zero-order chi connectivity index (χ0) is 8.81. The van der Waals surface area contributed by atoms with Gasteiger partial charge in [0, 0.05) is 6.42 Å². The van der Waals surface area contributed by atoms with E-state index >= 15 is 0 Å². The van der Waals surface area contributed by atoms with E-state index in [0.717, 1.165) is 12.8 Å². The van der Waals surface area contributed by atoms with Crippen LogP contribution < -0.4 is 0 Å². The summed E-state index contributed by atoms with van der Waals surface area (Å²) in [6.07, 6.45) is 1.35. The van der Waals surface area contributed by atoms with Crippen molar-refractivity contribution in [3.05, 3.63) is 0 Å². The molecule has 0 bridgehead atoms. The second-order valence-electron chi connectivity index (χ2n) is 2.80. The fourth-order valence-electron chi connectivity index (χ4n) is 1.05. The molecule has 12 heavy (non-hydrogen) atoms. The van der Waals surface area contributed by atoms with Gasteiger partial charge in [0.05, 0.1) is 19.3 Å². The molecule has 0 saturated carbocycles. The number of aliphatic hydroxyl groups is 1. The lowest BCUT2D eigenvalue weighted by molar-refractivity contribution is -0.218. The lowest BCUT2D eigenvalue weighted by Crippen LogP contribution is -2.35. The van der Waals surface area contributed by atoms with Crippen molar-refractivity contribution in [3.63, 3.8) is 0 Å². The molecule has 0 amide bonds. The maximum Gasteiger partial charge on any atom is 0.157 e. The van der Waals surface area contributed by atoms with E-state index in [4.69, 9.17) is 19.8 Å². The first kappa shape index (κ1) is 9.46. The highest BCUT2D eigenvalue weighted by molar-refractivity contribution is 4.69. The molecular weight excluding hydrogens is 158 g/mol. The van der Waals surface area contributed by atoms with Crippen LogP contribution in [-0.2, 0) is 9.47 Å². The summed E-state index contributed by atoms with van der Waals surface area (Å²) in [5, 5.41) is 17.3. The Kier molecular flexibility index (Phi) is 4.01. The van der Waals surface area contributed by atoms with E-state index in [-0.39, 0.29) is 6.29 Å². The number of hydrogen-bond acceptors (Lipinski definition) is 4. The van der Waals surface area contributed by atoms with Crippen LogP contribution >= 0.6 is 0 Å². The first-order chi connectivity index (χ1) is 5.83. The summed E-state index contributed by atoms with van der Waals surface area (Å²) in [4.78, 5) is 0. The first-order valence-electron chi connectivity index (χ1n) is 4.11. The highest BCUT2D eigenvalue weighted by Crippen LogP contribution is 2.11. The Morgan fingerprint density at radius 1 is 1.42 bits per heavy atom. The monoisotopic (exact) mass is 171 g/mol. The maximum atomic E-state index is 9.00. The molecule has 1 aliphatic rings. The van der Waals surface area contributed by atoms with Gasteiger partial charge in [0.2, 0.25) is 0 Å². The summed E-state index contributed by atoms with van der Waals surface area (Å²) in [6.45, 7) is 0.689. The van der Waals surface area contributed by atoms with E-state index < -0.39 is 6.10 Å². The minimum Gasteiger partial charge on any atom is -0.388 e. The van der Waals surface area contributed by atoms with E-state index in [2.05, 4.69) is 6.07 Å². The highest BCUT2D eigenvalue weighted by Gasteiger charge is 2.19. The summed E-state index contributed by atoms with van der Waals surface area (Å²) >= 11 is 0. The first-order valence-corrected chi connectivity index (χ1v) is 4.11. The molecule has 1 N–H and O–H groups in total. The number of unbranched alkanes of at least 4 members (excludes halogenated alkanes) is 1. The molecule has 68 valence electrons. The number of aliphatic hydroxyl groups excluding tert-OH is 1. The maximum absolute atomic E-state index is 9.00. The van der Waals surface area contributed by atoms with Gasteiger partial charge in [-0.3, -0.25) is 0 Å². The number of hydrogen-bond donors (Lipinski definition) is 1. The summed E-state index contributed by atoms with van der Waals surface area (Å²) in [6, 6.07) is 2.06. The van der Waals surface area contributed by atoms with Crippen LogP contribution in [-0.4, -0.2) is 30.7 Å². The molecule has 0 radical (unpaired) electrons. The van der Waals surface area contributed by atoms with Crippen LogP contribution in [0.25, 0.3) is 0 Å². The number of nitrogens with zero attached hydrogens (tertiary/aromatic N) is 1. The minimum absolute atomic E-state index is 0.221. The lowest BCUT2D eigenvalue weighted by atomic mass is 10.2. The molecular formula is C8H13NO3. The molecule has 1 saturated heterocycles. The van der Waals surface area contributed by atoms with Crippen LogP contribution in [0.3, 0.4) is 0 Å². The Bertz CT molecular complexity index is 158. The Hall–Kier alpha value is -0.630. The molecule has 0 atom stereocenters. The number of ether oxygens (including phenoxy) is 2. The second-order valence-corrected chi connectivity index (χ2v) is 2.80. The van der Waals surface area contributed by atoms with E-state index in [1.165, 1.54) is 0 Å². The molecule has 1 aliphatic heterocycles. The molecule has 0 aromatic carbocycles. The van der Waals surface area contributed by atoms with E-state index in [1.54, 1.807) is 0 Å². The molecule has 4 heteroatoms. The molecule has 0 aromatic rings.